The van der Waals surface area contributed by atoms with E-state index in [1.807, 2.05) is 0 Å². The Labute approximate surface area is 103 Å². The molecule has 0 bridgehead atoms. The predicted octanol–water partition coefficient (Wildman–Crippen LogP) is 1.75. The molecule has 0 radical (unpaired) electrons. The number of aromatic carboxylic acids is 1. The number of nitrogens with zero attached hydrogens (tertiary/aromatic N) is 2. The van der Waals surface area contributed by atoms with Crippen LogP contribution in [0.2, 0.25) is 5.15 Å². The van der Waals surface area contributed by atoms with Gasteiger partial charge in [-0.25, -0.2) is 4.79 Å². The van der Waals surface area contributed by atoms with Crippen molar-refractivity contribution >= 4 is 17.6 Å². The van der Waals surface area contributed by atoms with E-state index >= 15 is 0 Å². The number of carboxylic acid groups (broad SMARTS) is 1. The molecule has 2 heterocycles. The molecule has 5 nitrogen and oxygen atoms in total. The van der Waals surface area contributed by atoms with Gasteiger partial charge in [-0.3, -0.25) is 4.98 Å². The number of aromatic nitrogens is 2. The molecule has 88 valence electrons. The molecule has 2 aromatic heterocycles. The molecule has 0 unspecified atom stereocenters. The van der Waals surface area contributed by atoms with E-state index in [0.29, 0.717) is 4.73 Å². The third-order valence-electron chi connectivity index (χ3n) is 1.69. The first-order valence-corrected chi connectivity index (χ1v) is 4.96. The Hall–Kier alpha value is -2.14. The zero-order valence-electron chi connectivity index (χ0n) is 8.65. The summed E-state index contributed by atoms with van der Waals surface area (Å²) >= 11 is 5.36. The Bertz CT molecular complexity index is 470. The van der Waals surface area contributed by atoms with Gasteiger partial charge in [-0.15, -0.1) is 0 Å². The second kappa shape index (κ2) is 6.44. The maximum atomic E-state index is 10.4. The fourth-order valence-electron chi connectivity index (χ4n) is 0.897. The molecular weight excluding hydrogens is 244 g/mol. The monoisotopic (exact) mass is 252 g/mol. The molecule has 2 rings (SSSR count). The van der Waals surface area contributed by atoms with Gasteiger partial charge in [0.05, 0.1) is 5.56 Å². The largest absolute Gasteiger partial charge is 0.618 e. The molecule has 17 heavy (non-hydrogen) atoms. The summed E-state index contributed by atoms with van der Waals surface area (Å²) in [6, 6.07) is 7.95. The van der Waals surface area contributed by atoms with E-state index in [0.717, 1.165) is 0 Å². The van der Waals surface area contributed by atoms with Crippen molar-refractivity contribution in [2.45, 2.75) is 0 Å². The van der Waals surface area contributed by atoms with Gasteiger partial charge in [-0.05, 0) is 29.8 Å². The number of carbonyl (C=O) groups is 1. The number of pyridine rings is 2. The van der Waals surface area contributed by atoms with Crippen LogP contribution in [-0.2, 0) is 0 Å². The smallest absolute Gasteiger partial charge is 0.337 e. The molecule has 0 aliphatic heterocycles. The fourth-order valence-corrected chi connectivity index (χ4v) is 1.03. The van der Waals surface area contributed by atoms with Gasteiger partial charge in [-0.2, -0.15) is 4.73 Å². The van der Waals surface area contributed by atoms with Crippen LogP contribution >= 0.6 is 11.6 Å². The third kappa shape index (κ3) is 4.48. The van der Waals surface area contributed by atoms with Crippen LogP contribution in [-0.4, -0.2) is 16.1 Å². The van der Waals surface area contributed by atoms with Gasteiger partial charge in [0.1, 0.15) is 0 Å². The summed E-state index contributed by atoms with van der Waals surface area (Å²) in [7, 11) is 0. The number of halogens is 1. The average molecular weight is 253 g/mol. The summed E-state index contributed by atoms with van der Waals surface area (Å²) in [5.74, 6) is -0.942. The highest BCUT2D eigenvalue weighted by molar-refractivity contribution is 6.28. The second-order valence-corrected chi connectivity index (χ2v) is 3.28. The number of hydrogen-bond acceptors (Lipinski definition) is 3. The zero-order chi connectivity index (χ0) is 12.7. The van der Waals surface area contributed by atoms with Crippen molar-refractivity contribution in [3.05, 3.63) is 64.8 Å². The molecule has 0 aromatic carbocycles. The van der Waals surface area contributed by atoms with E-state index in [2.05, 4.69) is 4.98 Å². The van der Waals surface area contributed by atoms with Crippen LogP contribution in [0.4, 0.5) is 0 Å². The van der Waals surface area contributed by atoms with E-state index in [1.165, 1.54) is 30.7 Å². The maximum absolute atomic E-state index is 10.4. The molecule has 2 aromatic rings. The number of hydrogen-bond donors (Lipinski definition) is 1. The lowest BCUT2D eigenvalue weighted by Crippen LogP contribution is -2.25. The molecule has 0 spiro atoms. The van der Waals surface area contributed by atoms with Crippen molar-refractivity contribution in [3.63, 3.8) is 0 Å². The molecule has 1 N–H and O–H groups in total. The minimum Gasteiger partial charge on any atom is -0.618 e. The fraction of sp³-hybridized carbons (Fsp3) is 0. The number of rotatable bonds is 1. The van der Waals surface area contributed by atoms with E-state index < -0.39 is 5.97 Å². The Kier molecular flexibility index (Phi) is 4.90. The summed E-state index contributed by atoms with van der Waals surface area (Å²) in [6.07, 6.45) is 4.19. The Morgan fingerprint density at radius 3 is 2.47 bits per heavy atom. The average Bonchev–Trinajstić information content (AvgIpc) is 2.35. The Morgan fingerprint density at radius 1 is 1.35 bits per heavy atom. The van der Waals surface area contributed by atoms with E-state index in [4.69, 9.17) is 16.7 Å². The maximum Gasteiger partial charge on any atom is 0.337 e. The normalized spacial score (nSPS) is 9.00. The third-order valence-corrected chi connectivity index (χ3v) is 1.98. The highest BCUT2D eigenvalue weighted by Gasteiger charge is 1.97. The summed E-state index contributed by atoms with van der Waals surface area (Å²) in [5, 5.41) is 18.9. The molecule has 0 saturated carbocycles. The van der Waals surface area contributed by atoms with Crippen molar-refractivity contribution in [1.82, 2.24) is 4.98 Å². The van der Waals surface area contributed by atoms with Crippen LogP contribution in [0.5, 0.6) is 0 Å². The van der Waals surface area contributed by atoms with Gasteiger partial charge >= 0.3 is 5.97 Å². The van der Waals surface area contributed by atoms with Gasteiger partial charge < -0.3 is 10.3 Å². The molecule has 0 aliphatic carbocycles. The first kappa shape index (κ1) is 12.9. The van der Waals surface area contributed by atoms with Crippen LogP contribution in [0.15, 0.2) is 48.9 Å². The first-order chi connectivity index (χ1) is 8.11. The lowest BCUT2D eigenvalue weighted by molar-refractivity contribution is -0.603. The topological polar surface area (TPSA) is 77.1 Å². The minimum atomic E-state index is -0.942. The van der Waals surface area contributed by atoms with Crippen molar-refractivity contribution in [2.75, 3.05) is 0 Å². The highest BCUT2D eigenvalue weighted by atomic mass is 35.5. The molecule has 0 saturated heterocycles. The second-order valence-electron chi connectivity index (χ2n) is 2.90. The summed E-state index contributed by atoms with van der Waals surface area (Å²) in [4.78, 5) is 13.8. The Morgan fingerprint density at radius 2 is 2.12 bits per heavy atom. The SMILES string of the molecule is O=C(O)c1cccnc1.[O-][n+]1ccccc1Cl. The Balaban J connectivity index is 0.000000171. The quantitative estimate of drug-likeness (QED) is 0.477. The van der Waals surface area contributed by atoms with E-state index in [9.17, 15) is 10.0 Å². The molecular formula is C11H9ClN2O3. The summed E-state index contributed by atoms with van der Waals surface area (Å²) in [5.41, 5.74) is 0.220. The van der Waals surface area contributed by atoms with Crippen LogP contribution in [0, 0.1) is 5.21 Å². The zero-order valence-corrected chi connectivity index (χ0v) is 9.41. The molecule has 0 atom stereocenters. The van der Waals surface area contributed by atoms with E-state index in [-0.39, 0.29) is 10.7 Å². The van der Waals surface area contributed by atoms with Crippen LogP contribution < -0.4 is 4.73 Å². The predicted molar refractivity (Wildman–Crippen MR) is 61.6 cm³/mol. The molecule has 0 amide bonds. The summed E-state index contributed by atoms with van der Waals surface area (Å²) in [6.45, 7) is 0. The van der Waals surface area contributed by atoms with Gasteiger partial charge in [0.25, 0.3) is 5.15 Å². The summed E-state index contributed by atoms with van der Waals surface area (Å²) < 4.78 is 0.599. The van der Waals surface area contributed by atoms with Crippen molar-refractivity contribution in [1.29, 1.82) is 0 Å². The van der Waals surface area contributed by atoms with Gasteiger partial charge in [0.2, 0.25) is 0 Å². The molecule has 0 aliphatic rings. The lowest BCUT2D eigenvalue weighted by atomic mass is 10.3. The van der Waals surface area contributed by atoms with Gasteiger partial charge in [0, 0.05) is 24.5 Å². The molecule has 6 heteroatoms. The lowest BCUT2D eigenvalue weighted by Gasteiger charge is -1.93. The van der Waals surface area contributed by atoms with Crippen molar-refractivity contribution in [3.8, 4) is 0 Å². The highest BCUT2D eigenvalue weighted by Crippen LogP contribution is 1.96. The van der Waals surface area contributed by atoms with Gasteiger partial charge in [-0.1, -0.05) is 0 Å². The van der Waals surface area contributed by atoms with Gasteiger partial charge in [0.15, 0.2) is 6.20 Å². The van der Waals surface area contributed by atoms with Crippen molar-refractivity contribution in [2.24, 2.45) is 0 Å². The molecule has 0 fully saturated rings. The minimum absolute atomic E-state index is 0.201. The first-order valence-electron chi connectivity index (χ1n) is 4.58. The standard InChI is InChI=1S/C6H5NO2.C5H4ClNO/c8-6(9)5-2-1-3-7-4-5;6-5-3-1-2-4-7(5)8/h1-4H,(H,8,9);1-4H. The van der Waals surface area contributed by atoms with Crippen LogP contribution in [0.3, 0.4) is 0 Å². The van der Waals surface area contributed by atoms with Crippen LogP contribution in [0.1, 0.15) is 10.4 Å². The van der Waals surface area contributed by atoms with Crippen LogP contribution in [0.25, 0.3) is 0 Å². The van der Waals surface area contributed by atoms with Crippen molar-refractivity contribution < 1.29 is 14.6 Å². The number of carboxylic acids is 1. The van der Waals surface area contributed by atoms with E-state index in [1.54, 1.807) is 18.2 Å².